The van der Waals surface area contributed by atoms with E-state index in [0.29, 0.717) is 5.82 Å². The van der Waals surface area contributed by atoms with Crippen molar-refractivity contribution in [3.63, 3.8) is 0 Å². The zero-order chi connectivity index (χ0) is 37.1. The fraction of sp³-hybridized carbons (Fsp3) is 0.0189. The van der Waals surface area contributed by atoms with Crippen LogP contribution < -0.4 is 0 Å². The Kier molecular flexibility index (Phi) is 7.39. The molecule has 0 aliphatic heterocycles. The number of para-hydroxylation sites is 1. The third-order valence-corrected chi connectivity index (χ3v) is 11.4. The molecular weight excluding hydrogens is 681 g/mol. The first-order chi connectivity index (χ1) is 27.8. The monoisotopic (exact) mass is 714 g/mol. The number of benzene rings is 8. The standard InChI is InChI=1S/C53H34N2O/c1-5-18-35(19-6-1)46-34-47(36-20-7-2-8-21-36)55-52(54-46)38-23-17-22-37(32-38)43-33-45-50(51-49(43)42-29-14-16-31-48(42)56-51)41-28-13-15-30-44(41)53(45,39-24-9-3-10-25-39)40-26-11-4-12-27-40/h1-34H. The summed E-state index contributed by atoms with van der Waals surface area (Å²) in [6, 6.07) is 73.1. The van der Waals surface area contributed by atoms with Crippen molar-refractivity contribution in [3.05, 3.63) is 229 Å². The van der Waals surface area contributed by atoms with Crippen molar-refractivity contribution in [2.45, 2.75) is 5.41 Å². The van der Waals surface area contributed by atoms with E-state index in [4.69, 9.17) is 14.4 Å². The molecule has 0 amide bonds. The van der Waals surface area contributed by atoms with Gasteiger partial charge in [0, 0.05) is 33.0 Å². The van der Waals surface area contributed by atoms with Crippen molar-refractivity contribution < 1.29 is 4.42 Å². The van der Waals surface area contributed by atoms with Crippen molar-refractivity contribution >= 4 is 21.9 Å². The number of hydrogen-bond acceptors (Lipinski definition) is 3. The van der Waals surface area contributed by atoms with Gasteiger partial charge in [0.25, 0.3) is 0 Å². The normalized spacial score (nSPS) is 12.8. The van der Waals surface area contributed by atoms with Gasteiger partial charge in [0.1, 0.15) is 11.2 Å². The summed E-state index contributed by atoms with van der Waals surface area (Å²) in [4.78, 5) is 10.4. The quantitative estimate of drug-likeness (QED) is 0.172. The zero-order valence-corrected chi connectivity index (χ0v) is 30.4. The highest BCUT2D eigenvalue weighted by Crippen LogP contribution is 2.59. The Labute approximate surface area is 325 Å². The molecule has 3 nitrogen and oxygen atoms in total. The van der Waals surface area contributed by atoms with Gasteiger partial charge in [-0.15, -0.1) is 0 Å². The summed E-state index contributed by atoms with van der Waals surface area (Å²) in [6.45, 7) is 0. The van der Waals surface area contributed by atoms with Crippen LogP contribution in [0.4, 0.5) is 0 Å². The average molecular weight is 715 g/mol. The topological polar surface area (TPSA) is 38.9 Å². The van der Waals surface area contributed by atoms with E-state index in [0.717, 1.165) is 66.7 Å². The summed E-state index contributed by atoms with van der Waals surface area (Å²) in [5.41, 5.74) is 15.4. The van der Waals surface area contributed by atoms with Crippen molar-refractivity contribution in [1.82, 2.24) is 9.97 Å². The summed E-state index contributed by atoms with van der Waals surface area (Å²) in [5.74, 6) is 0.678. The van der Waals surface area contributed by atoms with Gasteiger partial charge in [-0.2, -0.15) is 0 Å². The van der Waals surface area contributed by atoms with Crippen molar-refractivity contribution in [2.75, 3.05) is 0 Å². The highest BCUT2D eigenvalue weighted by Gasteiger charge is 2.47. The first-order valence-electron chi connectivity index (χ1n) is 19.1. The largest absolute Gasteiger partial charge is 0.455 e. The van der Waals surface area contributed by atoms with Gasteiger partial charge in [0.2, 0.25) is 0 Å². The van der Waals surface area contributed by atoms with Gasteiger partial charge in [0.15, 0.2) is 5.82 Å². The fourth-order valence-corrected chi connectivity index (χ4v) is 8.94. The third kappa shape index (κ3) is 4.91. The second kappa shape index (κ2) is 12.9. The Morgan fingerprint density at radius 1 is 0.393 bits per heavy atom. The molecule has 0 unspecified atom stereocenters. The summed E-state index contributed by atoms with van der Waals surface area (Å²) in [5, 5.41) is 2.20. The van der Waals surface area contributed by atoms with Gasteiger partial charge in [-0.25, -0.2) is 9.97 Å². The molecule has 0 atom stereocenters. The van der Waals surface area contributed by atoms with E-state index < -0.39 is 5.41 Å². The molecule has 0 saturated carbocycles. The van der Waals surface area contributed by atoms with Gasteiger partial charge < -0.3 is 4.42 Å². The maximum absolute atomic E-state index is 7.00. The molecule has 262 valence electrons. The summed E-state index contributed by atoms with van der Waals surface area (Å²) >= 11 is 0. The highest BCUT2D eigenvalue weighted by molar-refractivity contribution is 6.18. The van der Waals surface area contributed by atoms with Crippen LogP contribution in [0.2, 0.25) is 0 Å². The first kappa shape index (κ1) is 32.1. The van der Waals surface area contributed by atoms with Crippen molar-refractivity contribution in [3.8, 4) is 56.2 Å². The van der Waals surface area contributed by atoms with Gasteiger partial charge in [0.05, 0.1) is 16.8 Å². The van der Waals surface area contributed by atoms with Gasteiger partial charge >= 0.3 is 0 Å². The molecule has 1 aliphatic carbocycles. The molecule has 0 radical (unpaired) electrons. The number of nitrogens with zero attached hydrogens (tertiary/aromatic N) is 2. The summed E-state index contributed by atoms with van der Waals surface area (Å²) in [6.07, 6.45) is 0. The van der Waals surface area contributed by atoms with Crippen molar-refractivity contribution in [2.24, 2.45) is 0 Å². The minimum absolute atomic E-state index is 0.578. The van der Waals surface area contributed by atoms with Crippen LogP contribution in [0.15, 0.2) is 211 Å². The molecule has 0 spiro atoms. The van der Waals surface area contributed by atoms with E-state index in [1.165, 1.54) is 27.8 Å². The molecular formula is C53H34N2O. The molecule has 2 heterocycles. The highest BCUT2D eigenvalue weighted by atomic mass is 16.3. The fourth-order valence-electron chi connectivity index (χ4n) is 8.94. The van der Waals surface area contributed by atoms with Crippen LogP contribution in [0.25, 0.3) is 78.1 Å². The predicted molar refractivity (Wildman–Crippen MR) is 228 cm³/mol. The summed E-state index contributed by atoms with van der Waals surface area (Å²) in [7, 11) is 0. The Bertz CT molecular complexity index is 2960. The second-order valence-corrected chi connectivity index (χ2v) is 14.5. The maximum atomic E-state index is 7.00. The van der Waals surface area contributed by atoms with Crippen LogP contribution >= 0.6 is 0 Å². The van der Waals surface area contributed by atoms with Crippen LogP contribution in [0.3, 0.4) is 0 Å². The van der Waals surface area contributed by atoms with Crippen molar-refractivity contribution in [1.29, 1.82) is 0 Å². The first-order valence-corrected chi connectivity index (χ1v) is 19.1. The van der Waals surface area contributed by atoms with Gasteiger partial charge in [-0.05, 0) is 63.2 Å². The zero-order valence-electron chi connectivity index (χ0n) is 30.4. The Balaban J connectivity index is 1.21. The Morgan fingerprint density at radius 3 is 1.59 bits per heavy atom. The van der Waals surface area contributed by atoms with E-state index in [2.05, 4.69) is 194 Å². The second-order valence-electron chi connectivity index (χ2n) is 14.5. The molecule has 11 rings (SSSR count). The van der Waals surface area contributed by atoms with Gasteiger partial charge in [-0.1, -0.05) is 182 Å². The predicted octanol–water partition coefficient (Wildman–Crippen LogP) is 13.4. The Hall–Kier alpha value is -7.36. The van der Waals surface area contributed by atoms with E-state index in [-0.39, 0.29) is 0 Å². The molecule has 3 heteroatoms. The lowest BCUT2D eigenvalue weighted by atomic mass is 9.67. The van der Waals surface area contributed by atoms with E-state index in [9.17, 15) is 0 Å². The molecule has 0 fully saturated rings. The van der Waals surface area contributed by atoms with Crippen LogP contribution in [-0.2, 0) is 5.41 Å². The van der Waals surface area contributed by atoms with Crippen LogP contribution in [-0.4, -0.2) is 9.97 Å². The third-order valence-electron chi connectivity index (χ3n) is 11.4. The molecule has 10 aromatic rings. The SMILES string of the molecule is c1ccc(-c2cc(-c3ccccc3)nc(-c3cccc(-c4cc5c(c6oc7ccccc7c46)-c4ccccc4C5(c4ccccc4)c4ccccc4)c3)n2)cc1. The number of fused-ring (bicyclic) bond motifs is 7. The smallest absolute Gasteiger partial charge is 0.160 e. The molecule has 0 saturated heterocycles. The minimum Gasteiger partial charge on any atom is -0.455 e. The molecule has 8 aromatic carbocycles. The molecule has 0 N–H and O–H groups in total. The minimum atomic E-state index is -0.578. The van der Waals surface area contributed by atoms with E-state index in [1.807, 2.05) is 12.1 Å². The molecule has 2 aromatic heterocycles. The Morgan fingerprint density at radius 2 is 0.929 bits per heavy atom. The number of furan rings is 1. The molecule has 56 heavy (non-hydrogen) atoms. The lowest BCUT2D eigenvalue weighted by Crippen LogP contribution is -2.28. The van der Waals surface area contributed by atoms with Crippen LogP contribution in [0, 0.1) is 0 Å². The number of rotatable bonds is 6. The van der Waals surface area contributed by atoms with E-state index >= 15 is 0 Å². The summed E-state index contributed by atoms with van der Waals surface area (Å²) < 4.78 is 7.00. The van der Waals surface area contributed by atoms with E-state index in [1.54, 1.807) is 0 Å². The van der Waals surface area contributed by atoms with Crippen LogP contribution in [0.5, 0.6) is 0 Å². The lowest BCUT2D eigenvalue weighted by Gasteiger charge is -2.34. The molecule has 1 aliphatic rings. The number of aromatic nitrogens is 2. The van der Waals surface area contributed by atoms with Crippen LogP contribution in [0.1, 0.15) is 22.3 Å². The average Bonchev–Trinajstić information content (AvgIpc) is 3.82. The lowest BCUT2D eigenvalue weighted by molar-refractivity contribution is 0.669. The molecule has 0 bridgehead atoms. The number of hydrogen-bond donors (Lipinski definition) is 0. The van der Waals surface area contributed by atoms with Gasteiger partial charge in [-0.3, -0.25) is 0 Å². The maximum Gasteiger partial charge on any atom is 0.160 e.